The van der Waals surface area contributed by atoms with Gasteiger partial charge in [-0.25, -0.2) is 0 Å². The Labute approximate surface area is 108 Å². The van der Waals surface area contributed by atoms with Crippen molar-refractivity contribution in [1.82, 2.24) is 0 Å². The van der Waals surface area contributed by atoms with Crippen LogP contribution in [0.4, 0.5) is 5.69 Å². The van der Waals surface area contributed by atoms with Gasteiger partial charge in [-0.2, -0.15) is 0 Å². The summed E-state index contributed by atoms with van der Waals surface area (Å²) in [4.78, 5) is 2.06. The fourth-order valence-electron chi connectivity index (χ4n) is 1.67. The summed E-state index contributed by atoms with van der Waals surface area (Å²) < 4.78 is 9.66. The van der Waals surface area contributed by atoms with Crippen LogP contribution in [-0.4, -0.2) is 34.5 Å². The molecule has 4 nitrogen and oxygen atoms in total. The fourth-order valence-corrected chi connectivity index (χ4v) is 1.67. The largest absolute Gasteiger partial charge is 0.557 e. The highest BCUT2D eigenvalue weighted by atomic mass is 16.6. The first kappa shape index (κ1) is 12.8. The quantitative estimate of drug-likeness (QED) is 0.633. The molecule has 0 aromatic heterocycles. The molecule has 0 fully saturated rings. The molecule has 0 heterocycles. The Balaban J connectivity index is 2.21. The molecule has 1 N–H and O–H groups in total. The van der Waals surface area contributed by atoms with E-state index in [0.29, 0.717) is 13.4 Å². The average Bonchev–Trinajstić information content (AvgIpc) is 2.38. The van der Waals surface area contributed by atoms with Gasteiger partial charge in [0.15, 0.2) is 0 Å². The van der Waals surface area contributed by atoms with Crippen LogP contribution in [0.3, 0.4) is 0 Å². The van der Waals surface area contributed by atoms with E-state index in [-0.39, 0.29) is 0 Å². The molecule has 0 unspecified atom stereocenters. The maximum Gasteiger partial charge on any atom is 0.557 e. The molecule has 6 heteroatoms. The molecule has 2 radical (unpaired) electrons. The molecular weight excluding hydrogens is 228 g/mol. The van der Waals surface area contributed by atoms with Crippen molar-refractivity contribution in [3.63, 3.8) is 0 Å². The fraction of sp³-hybridized carbons (Fsp3) is 0.167. The van der Waals surface area contributed by atoms with E-state index < -0.39 is 0 Å². The summed E-state index contributed by atoms with van der Waals surface area (Å²) in [5, 5.41) is 10.6. The summed E-state index contributed by atoms with van der Waals surface area (Å²) >= 11 is 0. The van der Waals surface area contributed by atoms with Crippen LogP contribution in [0.5, 0.6) is 5.75 Å². The van der Waals surface area contributed by atoms with Crippen LogP contribution in [0.25, 0.3) is 10.8 Å². The molecule has 0 spiro atoms. The highest BCUT2D eigenvalue weighted by molar-refractivity contribution is 6.34. The summed E-state index contributed by atoms with van der Waals surface area (Å²) in [6, 6.07) is 11.9. The Morgan fingerprint density at radius 1 is 1.06 bits per heavy atom. The zero-order chi connectivity index (χ0) is 13.0. The number of benzene rings is 2. The smallest absolute Gasteiger partial charge is 0.538 e. The summed E-state index contributed by atoms with van der Waals surface area (Å²) in [5.74, 6) is 0.655. The van der Waals surface area contributed by atoms with E-state index in [2.05, 4.69) is 15.5 Å². The number of hydrogen-bond acceptors (Lipinski definition) is 4. The molecule has 0 amide bonds. The molecule has 0 aliphatic carbocycles. The molecule has 0 bridgehead atoms. The van der Waals surface area contributed by atoms with E-state index in [1.54, 1.807) is 0 Å². The summed E-state index contributed by atoms with van der Waals surface area (Å²) in [6.07, 6.45) is 0. The lowest BCUT2D eigenvalue weighted by atomic mass is 10.1. The number of rotatable bonds is 5. The first-order valence-electron chi connectivity index (χ1n) is 5.51. The van der Waals surface area contributed by atoms with Gasteiger partial charge in [0.25, 0.3) is 0 Å². The molecule has 2 aromatic rings. The summed E-state index contributed by atoms with van der Waals surface area (Å²) in [5.41, 5.74) is 1.15. The third-order valence-corrected chi connectivity index (χ3v) is 2.61. The van der Waals surface area contributed by atoms with Crippen LogP contribution >= 0.6 is 0 Å². The second-order valence-corrected chi connectivity index (χ2v) is 4.04. The van der Waals surface area contributed by atoms with Crippen LogP contribution < -0.4 is 9.55 Å². The molecule has 0 aliphatic heterocycles. The van der Waals surface area contributed by atoms with Crippen molar-refractivity contribution in [2.75, 3.05) is 19.0 Å². The van der Waals surface area contributed by atoms with Crippen molar-refractivity contribution >= 4 is 31.8 Å². The van der Waals surface area contributed by atoms with Gasteiger partial charge in [0.1, 0.15) is 5.75 Å². The summed E-state index contributed by atoms with van der Waals surface area (Å²) in [7, 11) is 5.65. The topological polar surface area (TPSA) is 41.9 Å². The molecule has 2 rings (SSSR count). The zero-order valence-electron chi connectivity index (χ0n) is 10.3. The van der Waals surface area contributed by atoms with Crippen LogP contribution in [-0.2, 0) is 4.57 Å². The Kier molecular flexibility index (Phi) is 4.12. The third kappa shape index (κ3) is 2.97. The number of fused-ring (bicyclic) bond motifs is 1. The number of hydrogen-bond donors (Lipinski definition) is 1. The third-order valence-electron chi connectivity index (χ3n) is 2.61. The molecule has 0 atom stereocenters. The molecule has 0 saturated heterocycles. The van der Waals surface area contributed by atoms with E-state index in [1.165, 1.54) is 0 Å². The minimum atomic E-state index is 0.560. The Hall–Kier alpha value is -1.65. The molecule has 18 heavy (non-hydrogen) atoms. The average molecular weight is 241 g/mol. The van der Waals surface area contributed by atoms with Gasteiger partial charge in [-0.3, -0.25) is 0 Å². The van der Waals surface area contributed by atoms with Crippen molar-refractivity contribution in [3.8, 4) is 5.75 Å². The Bertz CT molecular complexity index is 534. The van der Waals surface area contributed by atoms with Gasteiger partial charge < -0.3 is 19.2 Å². The van der Waals surface area contributed by atoms with Crippen molar-refractivity contribution in [1.29, 1.82) is 0 Å². The van der Waals surface area contributed by atoms with Gasteiger partial charge in [-0.1, -0.05) is 12.1 Å². The standard InChI is InChI=1S/C12H13B2NO3/c1-15(2)11-5-3-10-8-12(17-14-18-13-16)6-4-9(10)7-11/h3-8,16H,1-2H3. The first-order valence-corrected chi connectivity index (χ1v) is 5.51. The number of nitrogens with zero attached hydrogens (tertiary/aromatic N) is 1. The second-order valence-electron chi connectivity index (χ2n) is 4.04. The van der Waals surface area contributed by atoms with Gasteiger partial charge in [-0.05, 0) is 35.0 Å². The van der Waals surface area contributed by atoms with E-state index in [4.69, 9.17) is 9.68 Å². The van der Waals surface area contributed by atoms with Crippen molar-refractivity contribution in [2.45, 2.75) is 0 Å². The first-order chi connectivity index (χ1) is 8.70. The van der Waals surface area contributed by atoms with Gasteiger partial charge in [0.05, 0.1) is 0 Å². The molecular formula is C12H13B2NO3. The Morgan fingerprint density at radius 2 is 1.78 bits per heavy atom. The van der Waals surface area contributed by atoms with E-state index >= 15 is 0 Å². The van der Waals surface area contributed by atoms with Crippen LogP contribution in [0.2, 0.25) is 0 Å². The molecule has 0 saturated carbocycles. The van der Waals surface area contributed by atoms with E-state index in [0.717, 1.165) is 24.1 Å². The number of anilines is 1. The highest BCUT2D eigenvalue weighted by Gasteiger charge is 2.02. The van der Waals surface area contributed by atoms with Crippen LogP contribution in [0.15, 0.2) is 36.4 Å². The SMILES string of the molecule is CN(C)c1ccc2cc(O[B]O[B]O)ccc2c1. The van der Waals surface area contributed by atoms with Gasteiger partial charge >= 0.3 is 15.4 Å². The maximum absolute atomic E-state index is 8.34. The lowest BCUT2D eigenvalue weighted by Crippen LogP contribution is -2.10. The van der Waals surface area contributed by atoms with Gasteiger partial charge in [-0.15, -0.1) is 0 Å². The Morgan fingerprint density at radius 3 is 2.50 bits per heavy atom. The zero-order valence-corrected chi connectivity index (χ0v) is 10.3. The van der Waals surface area contributed by atoms with E-state index in [1.807, 2.05) is 44.4 Å². The van der Waals surface area contributed by atoms with Crippen molar-refractivity contribution in [2.24, 2.45) is 0 Å². The molecule has 2 aromatic carbocycles. The predicted octanol–water partition coefficient (Wildman–Crippen LogP) is 1.36. The summed E-state index contributed by atoms with van der Waals surface area (Å²) in [6.45, 7) is 0. The molecule has 90 valence electrons. The van der Waals surface area contributed by atoms with Crippen LogP contribution in [0.1, 0.15) is 0 Å². The normalized spacial score (nSPS) is 10.2. The lowest BCUT2D eigenvalue weighted by Gasteiger charge is -2.13. The van der Waals surface area contributed by atoms with E-state index in [9.17, 15) is 0 Å². The molecule has 0 aliphatic rings. The predicted molar refractivity (Wildman–Crippen MR) is 73.7 cm³/mol. The minimum Gasteiger partial charge on any atom is -0.538 e. The maximum atomic E-state index is 8.34. The minimum absolute atomic E-state index is 0.560. The van der Waals surface area contributed by atoms with Crippen molar-refractivity contribution in [3.05, 3.63) is 36.4 Å². The lowest BCUT2D eigenvalue weighted by molar-refractivity contribution is 0.413. The van der Waals surface area contributed by atoms with Crippen molar-refractivity contribution < 1.29 is 14.3 Å². The van der Waals surface area contributed by atoms with Gasteiger partial charge in [0, 0.05) is 19.8 Å². The highest BCUT2D eigenvalue weighted by Crippen LogP contribution is 2.24. The second kappa shape index (κ2) is 5.80. The van der Waals surface area contributed by atoms with Gasteiger partial charge in [0.2, 0.25) is 0 Å². The van der Waals surface area contributed by atoms with Crippen LogP contribution in [0, 0.1) is 0 Å². The monoisotopic (exact) mass is 241 g/mol.